The van der Waals surface area contributed by atoms with E-state index in [4.69, 9.17) is 4.74 Å². The number of aromatic nitrogens is 3. The molecule has 2 bridgehead atoms. The van der Waals surface area contributed by atoms with Crippen molar-refractivity contribution in [2.75, 3.05) is 6.54 Å². The quantitative estimate of drug-likeness (QED) is 0.471. The molecule has 0 saturated carbocycles. The van der Waals surface area contributed by atoms with Gasteiger partial charge in [0, 0.05) is 18.1 Å². The number of carbonyl (C=O) groups excluding carboxylic acids is 1. The summed E-state index contributed by atoms with van der Waals surface area (Å²) >= 11 is 0. The summed E-state index contributed by atoms with van der Waals surface area (Å²) in [5.74, 6) is 0.0906. The number of nitrogens with zero attached hydrogens (tertiary/aromatic N) is 5. The number of nitriles is 1. The minimum atomic E-state index is -0.576. The van der Waals surface area contributed by atoms with E-state index in [1.807, 2.05) is 0 Å². The molecule has 2 aliphatic heterocycles. The Labute approximate surface area is 198 Å². The lowest BCUT2D eigenvalue weighted by Gasteiger charge is -2.26. The van der Waals surface area contributed by atoms with Gasteiger partial charge in [0.1, 0.15) is 17.5 Å². The van der Waals surface area contributed by atoms with Crippen molar-refractivity contribution < 1.29 is 19.7 Å². The minimum absolute atomic E-state index is 0.109. The summed E-state index contributed by atoms with van der Waals surface area (Å²) in [6.45, 7) is 0.173. The topological polar surface area (TPSA) is 134 Å². The molecule has 35 heavy (non-hydrogen) atoms. The zero-order valence-corrected chi connectivity index (χ0v) is 18.3. The van der Waals surface area contributed by atoms with Crippen LogP contribution in [0.3, 0.4) is 0 Å². The van der Waals surface area contributed by atoms with Crippen LogP contribution in [-0.4, -0.2) is 41.9 Å². The van der Waals surface area contributed by atoms with E-state index in [0.29, 0.717) is 45.6 Å². The molecule has 0 radical (unpaired) electrons. The van der Waals surface area contributed by atoms with Gasteiger partial charge in [-0.2, -0.15) is 5.26 Å². The standard InChI is InChI=1S/C25H19N5O5/c26-11-15-5-8-19(18-2-1-9-27-21(15)18)30-23(32)22-20-10-16(29(22)24(30)33)12-28(20)25(34)35-17-6-3-14(13-31)4-7-17/h1-9,16,20,31-32H,10,12-13H2. The van der Waals surface area contributed by atoms with Crippen LogP contribution in [0.4, 0.5) is 4.79 Å². The zero-order valence-electron chi connectivity index (χ0n) is 18.3. The third kappa shape index (κ3) is 3.02. The van der Waals surface area contributed by atoms with Gasteiger partial charge in [0.25, 0.3) is 0 Å². The maximum Gasteiger partial charge on any atom is 0.415 e. The molecule has 2 unspecified atom stereocenters. The van der Waals surface area contributed by atoms with Crippen LogP contribution in [0, 0.1) is 11.3 Å². The molecule has 2 atom stereocenters. The lowest BCUT2D eigenvalue weighted by atomic mass is 10.1. The molecule has 1 saturated heterocycles. The molecule has 0 aliphatic carbocycles. The first-order chi connectivity index (χ1) is 17.0. The van der Waals surface area contributed by atoms with E-state index >= 15 is 0 Å². The lowest BCUT2D eigenvalue weighted by molar-refractivity contribution is 0.140. The van der Waals surface area contributed by atoms with Gasteiger partial charge in [-0.3, -0.25) is 14.5 Å². The van der Waals surface area contributed by atoms with Gasteiger partial charge in [0.2, 0.25) is 5.88 Å². The fourth-order valence-electron chi connectivity index (χ4n) is 5.13. The highest BCUT2D eigenvalue weighted by atomic mass is 16.6. The Kier molecular flexibility index (Phi) is 4.62. The lowest BCUT2D eigenvalue weighted by Crippen LogP contribution is -2.39. The van der Waals surface area contributed by atoms with Crippen molar-refractivity contribution in [1.82, 2.24) is 19.0 Å². The first-order valence-corrected chi connectivity index (χ1v) is 11.0. The summed E-state index contributed by atoms with van der Waals surface area (Å²) in [7, 11) is 0. The molecule has 2 aromatic carbocycles. The zero-order chi connectivity index (χ0) is 24.3. The smallest absolute Gasteiger partial charge is 0.415 e. The number of aromatic hydroxyl groups is 1. The van der Waals surface area contributed by atoms with Crippen LogP contribution in [-0.2, 0) is 6.61 Å². The van der Waals surface area contributed by atoms with Crippen LogP contribution in [0.1, 0.15) is 35.3 Å². The number of aliphatic hydroxyl groups is 1. The Morgan fingerprint density at radius 1 is 1.20 bits per heavy atom. The molecule has 4 heterocycles. The van der Waals surface area contributed by atoms with Crippen molar-refractivity contribution in [3.8, 4) is 23.4 Å². The number of carbonyl (C=O) groups is 1. The van der Waals surface area contributed by atoms with Gasteiger partial charge in [-0.05, 0) is 48.4 Å². The highest BCUT2D eigenvalue weighted by Crippen LogP contribution is 2.49. The molecular formula is C25H19N5O5. The minimum Gasteiger partial charge on any atom is -0.493 e. The van der Waals surface area contributed by atoms with Gasteiger partial charge < -0.3 is 14.9 Å². The number of pyridine rings is 1. The summed E-state index contributed by atoms with van der Waals surface area (Å²) in [5, 5.41) is 30.3. The Balaban J connectivity index is 1.38. The van der Waals surface area contributed by atoms with Crippen LogP contribution >= 0.6 is 0 Å². The second kappa shape index (κ2) is 7.72. The number of rotatable bonds is 3. The fourth-order valence-corrected chi connectivity index (χ4v) is 5.13. The van der Waals surface area contributed by atoms with Crippen molar-refractivity contribution in [3.05, 3.63) is 82.0 Å². The van der Waals surface area contributed by atoms with E-state index in [1.165, 1.54) is 9.47 Å². The Hall–Kier alpha value is -4.62. The average Bonchev–Trinajstić information content (AvgIpc) is 3.55. The summed E-state index contributed by atoms with van der Waals surface area (Å²) in [6.07, 6.45) is 1.50. The van der Waals surface area contributed by atoms with E-state index < -0.39 is 17.8 Å². The van der Waals surface area contributed by atoms with E-state index in [1.54, 1.807) is 59.3 Å². The van der Waals surface area contributed by atoms with Gasteiger partial charge in [-0.25, -0.2) is 14.2 Å². The average molecular weight is 469 g/mol. The normalized spacial score (nSPS) is 18.0. The first kappa shape index (κ1) is 20.9. The third-order valence-corrected chi connectivity index (χ3v) is 6.71. The summed E-state index contributed by atoms with van der Waals surface area (Å²) in [4.78, 5) is 32.1. The number of amides is 1. The number of aliphatic hydroxyl groups excluding tert-OH is 1. The molecule has 1 amide bonds. The molecule has 174 valence electrons. The molecule has 1 fully saturated rings. The molecule has 4 aromatic rings. The Bertz CT molecular complexity index is 1600. The molecule has 6 rings (SSSR count). The molecule has 0 spiro atoms. The van der Waals surface area contributed by atoms with E-state index in [2.05, 4.69) is 11.1 Å². The number of benzene rings is 2. The summed E-state index contributed by atoms with van der Waals surface area (Å²) in [6, 6.07) is 14.5. The van der Waals surface area contributed by atoms with Crippen LogP contribution < -0.4 is 10.4 Å². The summed E-state index contributed by atoms with van der Waals surface area (Å²) < 4.78 is 8.25. The molecule has 2 aliphatic rings. The number of imidazole rings is 1. The van der Waals surface area contributed by atoms with E-state index in [0.717, 1.165) is 0 Å². The van der Waals surface area contributed by atoms with Crippen molar-refractivity contribution in [3.63, 3.8) is 0 Å². The number of ether oxygens (including phenoxy) is 1. The highest BCUT2D eigenvalue weighted by Gasteiger charge is 2.50. The monoisotopic (exact) mass is 469 g/mol. The molecule has 2 aromatic heterocycles. The summed E-state index contributed by atoms with van der Waals surface area (Å²) in [5.41, 5.74) is 1.86. The Morgan fingerprint density at radius 2 is 2.00 bits per heavy atom. The van der Waals surface area contributed by atoms with Crippen molar-refractivity contribution >= 4 is 17.0 Å². The van der Waals surface area contributed by atoms with Gasteiger partial charge >= 0.3 is 11.8 Å². The fraction of sp³-hybridized carbons (Fsp3) is 0.200. The van der Waals surface area contributed by atoms with Crippen molar-refractivity contribution in [1.29, 1.82) is 5.26 Å². The van der Waals surface area contributed by atoms with Gasteiger partial charge in [0.15, 0.2) is 0 Å². The number of fused-ring (bicyclic) bond motifs is 6. The SMILES string of the molecule is N#Cc1ccc(-n2c(O)c3n(c2=O)C2CC3N(C(=O)Oc3ccc(CO)cc3)C2)c2cccnc12. The molecule has 10 heteroatoms. The number of hydrogen-bond acceptors (Lipinski definition) is 7. The maximum absolute atomic E-state index is 13.4. The van der Waals surface area contributed by atoms with Crippen molar-refractivity contribution in [2.24, 2.45) is 0 Å². The predicted molar refractivity (Wildman–Crippen MR) is 123 cm³/mol. The van der Waals surface area contributed by atoms with Crippen LogP contribution in [0.15, 0.2) is 59.5 Å². The maximum atomic E-state index is 13.4. The van der Waals surface area contributed by atoms with Gasteiger partial charge in [-0.15, -0.1) is 0 Å². The number of hydrogen-bond donors (Lipinski definition) is 2. The van der Waals surface area contributed by atoms with E-state index in [-0.39, 0.29) is 25.1 Å². The largest absolute Gasteiger partial charge is 0.493 e. The van der Waals surface area contributed by atoms with Crippen LogP contribution in [0.25, 0.3) is 16.6 Å². The van der Waals surface area contributed by atoms with E-state index in [9.17, 15) is 25.1 Å². The molecule has 10 nitrogen and oxygen atoms in total. The van der Waals surface area contributed by atoms with Gasteiger partial charge in [-0.1, -0.05) is 12.1 Å². The highest BCUT2D eigenvalue weighted by molar-refractivity contribution is 5.91. The van der Waals surface area contributed by atoms with Crippen LogP contribution in [0.5, 0.6) is 11.6 Å². The third-order valence-electron chi connectivity index (χ3n) is 6.71. The predicted octanol–water partition coefficient (Wildman–Crippen LogP) is 2.76. The van der Waals surface area contributed by atoms with Gasteiger partial charge in [0.05, 0.1) is 35.5 Å². The number of likely N-dealkylation sites (tertiary alicyclic amines) is 1. The second-order valence-corrected chi connectivity index (χ2v) is 8.57. The molecule has 2 N–H and O–H groups in total. The van der Waals surface area contributed by atoms with Crippen molar-refractivity contribution in [2.45, 2.75) is 25.1 Å². The molecular weight excluding hydrogens is 450 g/mol. The Morgan fingerprint density at radius 3 is 2.74 bits per heavy atom. The van der Waals surface area contributed by atoms with Crippen LogP contribution in [0.2, 0.25) is 0 Å². The second-order valence-electron chi connectivity index (χ2n) is 8.57. The first-order valence-electron chi connectivity index (χ1n) is 11.0.